The van der Waals surface area contributed by atoms with Crippen LogP contribution in [0.25, 0.3) is 10.8 Å². The minimum atomic E-state index is 0.832. The van der Waals surface area contributed by atoms with E-state index >= 15 is 0 Å². The van der Waals surface area contributed by atoms with Gasteiger partial charge in [0.05, 0.1) is 0 Å². The van der Waals surface area contributed by atoms with Gasteiger partial charge in [-0.25, -0.2) is 0 Å². The summed E-state index contributed by atoms with van der Waals surface area (Å²) in [5.41, 5.74) is 4.99. The smallest absolute Gasteiger partial charge is 0.173 e. The molecule has 0 amide bonds. The van der Waals surface area contributed by atoms with Crippen LogP contribution in [0.15, 0.2) is 60.7 Å². The fourth-order valence-corrected chi connectivity index (χ4v) is 4.14. The van der Waals surface area contributed by atoms with Crippen LogP contribution in [-0.4, -0.2) is 41.1 Å². The molecule has 0 unspecified atom stereocenters. The highest BCUT2D eigenvalue weighted by molar-refractivity contribution is 7.80. The molecule has 0 radical (unpaired) electrons. The summed E-state index contributed by atoms with van der Waals surface area (Å²) in [6, 6.07) is 21.7. The molecular weight excluding hydrogens is 362 g/mol. The van der Waals surface area contributed by atoms with E-state index in [4.69, 9.17) is 12.2 Å². The molecule has 0 spiro atoms. The number of fused-ring (bicyclic) bond motifs is 1. The standard InChI is InChI=1S/C24H27N3S/c1-18-10-11-19(2)23(16-18)25-24(28)27-14-12-26(13-15-27)17-21-8-5-7-20-6-3-4-9-22(20)21/h3-11,16H,12-15,17H2,1-2H3,(H,25,28). The summed E-state index contributed by atoms with van der Waals surface area (Å²) < 4.78 is 0. The Hall–Kier alpha value is -2.43. The molecule has 1 fully saturated rings. The van der Waals surface area contributed by atoms with Crippen molar-refractivity contribution in [2.75, 3.05) is 31.5 Å². The SMILES string of the molecule is Cc1ccc(C)c(NC(=S)N2CCN(Cc3cccc4ccccc34)CC2)c1. The van der Waals surface area contributed by atoms with E-state index in [1.807, 2.05) is 0 Å². The molecule has 1 aliphatic heterocycles. The van der Waals surface area contributed by atoms with Crippen molar-refractivity contribution in [3.05, 3.63) is 77.4 Å². The van der Waals surface area contributed by atoms with Crippen molar-refractivity contribution in [1.82, 2.24) is 9.80 Å². The predicted molar refractivity (Wildman–Crippen MR) is 123 cm³/mol. The van der Waals surface area contributed by atoms with Gasteiger partial charge in [0.2, 0.25) is 0 Å². The summed E-state index contributed by atoms with van der Waals surface area (Å²) in [7, 11) is 0. The zero-order chi connectivity index (χ0) is 19.5. The fraction of sp³-hybridized carbons (Fsp3) is 0.292. The summed E-state index contributed by atoms with van der Waals surface area (Å²) in [6.45, 7) is 9.19. The molecule has 4 rings (SSSR count). The number of hydrogen-bond acceptors (Lipinski definition) is 2. The molecule has 3 nitrogen and oxygen atoms in total. The number of hydrogen-bond donors (Lipinski definition) is 1. The van der Waals surface area contributed by atoms with Gasteiger partial charge in [0.15, 0.2) is 5.11 Å². The lowest BCUT2D eigenvalue weighted by molar-refractivity contribution is 0.177. The van der Waals surface area contributed by atoms with Crippen molar-refractivity contribution < 1.29 is 0 Å². The summed E-state index contributed by atoms with van der Waals surface area (Å²) in [5.74, 6) is 0. The van der Waals surface area contributed by atoms with Crippen LogP contribution in [0.4, 0.5) is 5.69 Å². The number of piperazine rings is 1. The van der Waals surface area contributed by atoms with E-state index in [0.29, 0.717) is 0 Å². The molecule has 1 aliphatic rings. The summed E-state index contributed by atoms with van der Waals surface area (Å²) in [5, 5.41) is 6.96. The minimum Gasteiger partial charge on any atom is -0.346 e. The van der Waals surface area contributed by atoms with Crippen molar-refractivity contribution >= 4 is 33.8 Å². The lowest BCUT2D eigenvalue weighted by atomic mass is 10.0. The van der Waals surface area contributed by atoms with E-state index in [1.165, 1.54) is 27.5 Å². The first kappa shape index (κ1) is 18.9. The molecule has 0 bridgehead atoms. The minimum absolute atomic E-state index is 0.832. The Morgan fingerprint density at radius 3 is 2.50 bits per heavy atom. The van der Waals surface area contributed by atoms with Gasteiger partial charge in [0, 0.05) is 38.4 Å². The Balaban J connectivity index is 1.36. The van der Waals surface area contributed by atoms with E-state index in [0.717, 1.165) is 43.5 Å². The Bertz CT molecular complexity index is 985. The predicted octanol–water partition coefficient (Wildman–Crippen LogP) is 4.97. The third-order valence-electron chi connectivity index (χ3n) is 5.57. The van der Waals surface area contributed by atoms with Gasteiger partial charge in [0.25, 0.3) is 0 Å². The number of benzene rings is 3. The van der Waals surface area contributed by atoms with Crippen LogP contribution >= 0.6 is 12.2 Å². The third kappa shape index (κ3) is 4.18. The van der Waals surface area contributed by atoms with Crippen LogP contribution in [0, 0.1) is 13.8 Å². The van der Waals surface area contributed by atoms with Gasteiger partial charge in [-0.05, 0) is 59.6 Å². The first-order valence-corrected chi connectivity index (χ1v) is 10.3. The number of thiocarbonyl (C=S) groups is 1. The number of nitrogens with one attached hydrogen (secondary N) is 1. The van der Waals surface area contributed by atoms with Gasteiger partial charge < -0.3 is 10.2 Å². The average Bonchev–Trinajstić information content (AvgIpc) is 2.71. The van der Waals surface area contributed by atoms with E-state index in [2.05, 4.69) is 89.6 Å². The molecule has 1 N–H and O–H groups in total. The van der Waals surface area contributed by atoms with Crippen LogP contribution in [0.2, 0.25) is 0 Å². The largest absolute Gasteiger partial charge is 0.346 e. The first-order chi connectivity index (χ1) is 13.6. The average molecular weight is 390 g/mol. The molecule has 0 saturated carbocycles. The van der Waals surface area contributed by atoms with Gasteiger partial charge in [0.1, 0.15) is 0 Å². The Labute approximate surface area is 173 Å². The van der Waals surface area contributed by atoms with E-state index in [-0.39, 0.29) is 0 Å². The Kier molecular flexibility index (Phi) is 5.60. The molecule has 3 aromatic carbocycles. The quantitative estimate of drug-likeness (QED) is 0.637. The summed E-state index contributed by atoms with van der Waals surface area (Å²) in [4.78, 5) is 4.81. The maximum absolute atomic E-state index is 5.69. The first-order valence-electron chi connectivity index (χ1n) is 9.92. The van der Waals surface area contributed by atoms with Gasteiger partial charge >= 0.3 is 0 Å². The molecule has 3 aromatic rings. The highest BCUT2D eigenvalue weighted by Gasteiger charge is 2.20. The molecule has 144 valence electrons. The lowest BCUT2D eigenvalue weighted by Crippen LogP contribution is -2.49. The normalized spacial score (nSPS) is 15.0. The molecule has 1 saturated heterocycles. The third-order valence-corrected chi connectivity index (χ3v) is 5.93. The van der Waals surface area contributed by atoms with Crippen molar-refractivity contribution in [2.24, 2.45) is 0 Å². The van der Waals surface area contributed by atoms with Crippen LogP contribution in [0.3, 0.4) is 0 Å². The van der Waals surface area contributed by atoms with Crippen molar-refractivity contribution in [1.29, 1.82) is 0 Å². The number of anilines is 1. The van der Waals surface area contributed by atoms with E-state index in [1.54, 1.807) is 0 Å². The number of aryl methyl sites for hydroxylation is 2. The van der Waals surface area contributed by atoms with Crippen LogP contribution in [0.1, 0.15) is 16.7 Å². The Morgan fingerprint density at radius 1 is 0.929 bits per heavy atom. The highest BCUT2D eigenvalue weighted by Crippen LogP contribution is 2.21. The topological polar surface area (TPSA) is 18.5 Å². The molecule has 28 heavy (non-hydrogen) atoms. The van der Waals surface area contributed by atoms with Gasteiger partial charge in [-0.15, -0.1) is 0 Å². The van der Waals surface area contributed by atoms with Crippen molar-refractivity contribution in [2.45, 2.75) is 20.4 Å². The second-order valence-corrected chi connectivity index (χ2v) is 8.04. The maximum atomic E-state index is 5.69. The highest BCUT2D eigenvalue weighted by atomic mass is 32.1. The molecule has 0 aromatic heterocycles. The summed E-state index contributed by atoms with van der Waals surface area (Å²) >= 11 is 5.69. The van der Waals surface area contributed by atoms with Crippen LogP contribution in [-0.2, 0) is 6.54 Å². The number of rotatable bonds is 3. The second kappa shape index (κ2) is 8.29. The van der Waals surface area contributed by atoms with Crippen LogP contribution in [0.5, 0.6) is 0 Å². The maximum Gasteiger partial charge on any atom is 0.173 e. The second-order valence-electron chi connectivity index (χ2n) is 7.65. The van der Waals surface area contributed by atoms with Gasteiger partial charge in [-0.3, -0.25) is 4.90 Å². The zero-order valence-corrected chi connectivity index (χ0v) is 17.4. The van der Waals surface area contributed by atoms with Gasteiger partial charge in [-0.1, -0.05) is 54.6 Å². The number of nitrogens with zero attached hydrogens (tertiary/aromatic N) is 2. The molecule has 0 atom stereocenters. The van der Waals surface area contributed by atoms with Crippen LogP contribution < -0.4 is 5.32 Å². The van der Waals surface area contributed by atoms with Crippen molar-refractivity contribution in [3.63, 3.8) is 0 Å². The Morgan fingerprint density at radius 2 is 1.68 bits per heavy atom. The molecule has 0 aliphatic carbocycles. The summed E-state index contributed by atoms with van der Waals surface area (Å²) in [6.07, 6.45) is 0. The van der Waals surface area contributed by atoms with E-state index in [9.17, 15) is 0 Å². The van der Waals surface area contributed by atoms with Crippen molar-refractivity contribution in [3.8, 4) is 0 Å². The van der Waals surface area contributed by atoms with Gasteiger partial charge in [-0.2, -0.15) is 0 Å². The monoisotopic (exact) mass is 389 g/mol. The zero-order valence-electron chi connectivity index (χ0n) is 16.6. The van der Waals surface area contributed by atoms with E-state index < -0.39 is 0 Å². The molecule has 1 heterocycles. The fourth-order valence-electron chi connectivity index (χ4n) is 3.85. The lowest BCUT2D eigenvalue weighted by Gasteiger charge is -2.36. The molecule has 4 heteroatoms. The molecular formula is C24H27N3S.